The number of carbonyl (C=O) groups excluding carboxylic acids is 1. The summed E-state index contributed by atoms with van der Waals surface area (Å²) >= 11 is 0. The number of rotatable bonds is 10. The average molecular weight is 467 g/mol. The number of sulfonamides is 1. The Labute approximate surface area is 192 Å². The molecular formula is C24H26N4O4S. The lowest BCUT2D eigenvalue weighted by Crippen LogP contribution is -2.25. The summed E-state index contributed by atoms with van der Waals surface area (Å²) in [6, 6.07) is 14.1. The fourth-order valence-corrected chi connectivity index (χ4v) is 4.77. The van der Waals surface area contributed by atoms with Crippen molar-refractivity contribution in [1.82, 2.24) is 14.3 Å². The van der Waals surface area contributed by atoms with Crippen LogP contribution in [0.3, 0.4) is 0 Å². The Morgan fingerprint density at radius 1 is 1.15 bits per heavy atom. The van der Waals surface area contributed by atoms with Gasteiger partial charge in [0.05, 0.1) is 16.7 Å². The smallest absolute Gasteiger partial charge is 0.261 e. The minimum absolute atomic E-state index is 0.0494. The van der Waals surface area contributed by atoms with E-state index in [-0.39, 0.29) is 36.2 Å². The van der Waals surface area contributed by atoms with Gasteiger partial charge in [0.15, 0.2) is 0 Å². The summed E-state index contributed by atoms with van der Waals surface area (Å²) in [5, 5.41) is 3.42. The molecule has 2 N–H and O–H groups in total. The van der Waals surface area contributed by atoms with Crippen molar-refractivity contribution < 1.29 is 13.2 Å². The van der Waals surface area contributed by atoms with E-state index in [1.165, 1.54) is 6.08 Å². The molecule has 1 heterocycles. The third-order valence-electron chi connectivity index (χ3n) is 5.41. The number of carbonyl (C=O) groups is 1. The van der Waals surface area contributed by atoms with Crippen LogP contribution in [0.5, 0.6) is 0 Å². The van der Waals surface area contributed by atoms with Crippen molar-refractivity contribution in [2.45, 2.75) is 37.5 Å². The molecule has 3 aromatic rings. The largest absolute Gasteiger partial charge is 0.326 e. The first-order valence-corrected chi connectivity index (χ1v) is 12.5. The predicted molar refractivity (Wildman–Crippen MR) is 128 cm³/mol. The van der Waals surface area contributed by atoms with Crippen molar-refractivity contribution in [3.63, 3.8) is 0 Å². The van der Waals surface area contributed by atoms with Crippen LogP contribution in [0, 0.1) is 0 Å². The second-order valence-corrected chi connectivity index (χ2v) is 9.90. The molecule has 9 heteroatoms. The van der Waals surface area contributed by atoms with Crippen LogP contribution in [-0.4, -0.2) is 30.4 Å². The first-order valence-electron chi connectivity index (χ1n) is 10.8. The maximum absolute atomic E-state index is 12.9. The Balaban J connectivity index is 1.40. The van der Waals surface area contributed by atoms with E-state index in [9.17, 15) is 18.0 Å². The molecule has 1 aromatic heterocycles. The second kappa shape index (κ2) is 9.68. The van der Waals surface area contributed by atoms with Gasteiger partial charge < -0.3 is 5.32 Å². The fraction of sp³-hybridized carbons (Fsp3) is 0.292. The molecule has 0 bridgehead atoms. The van der Waals surface area contributed by atoms with Gasteiger partial charge in [-0.15, -0.1) is 6.58 Å². The fourth-order valence-electron chi connectivity index (χ4n) is 3.67. The zero-order valence-electron chi connectivity index (χ0n) is 18.2. The number of hydrogen-bond donors (Lipinski definition) is 2. The van der Waals surface area contributed by atoms with Gasteiger partial charge >= 0.3 is 0 Å². The average Bonchev–Trinajstić information content (AvgIpc) is 3.63. The van der Waals surface area contributed by atoms with Crippen molar-refractivity contribution in [1.29, 1.82) is 0 Å². The highest BCUT2D eigenvalue weighted by atomic mass is 32.2. The molecule has 0 atom stereocenters. The summed E-state index contributed by atoms with van der Waals surface area (Å²) in [5.41, 5.74) is 1.78. The number of anilines is 1. The van der Waals surface area contributed by atoms with Gasteiger partial charge in [0, 0.05) is 31.1 Å². The Kier molecular flexibility index (Phi) is 6.71. The lowest BCUT2D eigenvalue weighted by atomic mass is 10.2. The molecule has 8 nitrogen and oxygen atoms in total. The van der Waals surface area contributed by atoms with Gasteiger partial charge in [0.25, 0.3) is 5.56 Å². The SMILES string of the molecule is C=CCNS(=O)(=O)Cc1ccc(NC(=O)CCc2nc3ccccc3c(=O)n2C2CC2)cc1. The van der Waals surface area contributed by atoms with Crippen molar-refractivity contribution in [3.05, 3.63) is 82.9 Å². The van der Waals surface area contributed by atoms with Crippen molar-refractivity contribution >= 4 is 32.5 Å². The normalized spacial score (nSPS) is 13.7. The minimum atomic E-state index is -3.44. The summed E-state index contributed by atoms with van der Waals surface area (Å²) in [6.07, 6.45) is 3.91. The molecule has 1 amide bonds. The van der Waals surface area contributed by atoms with Gasteiger partial charge in [0.1, 0.15) is 5.82 Å². The van der Waals surface area contributed by atoms with Crippen LogP contribution < -0.4 is 15.6 Å². The van der Waals surface area contributed by atoms with E-state index < -0.39 is 10.0 Å². The van der Waals surface area contributed by atoms with Crippen molar-refractivity contribution in [2.24, 2.45) is 0 Å². The predicted octanol–water partition coefficient (Wildman–Crippen LogP) is 2.91. The maximum Gasteiger partial charge on any atom is 0.261 e. The highest BCUT2D eigenvalue weighted by Gasteiger charge is 2.28. The van der Waals surface area contributed by atoms with Crippen LogP contribution >= 0.6 is 0 Å². The monoisotopic (exact) mass is 466 g/mol. The molecule has 172 valence electrons. The minimum Gasteiger partial charge on any atom is -0.326 e. The summed E-state index contributed by atoms with van der Waals surface area (Å²) in [5.74, 6) is 0.276. The van der Waals surface area contributed by atoms with E-state index in [0.29, 0.717) is 34.4 Å². The number of aromatic nitrogens is 2. The molecule has 1 aliphatic rings. The zero-order valence-corrected chi connectivity index (χ0v) is 19.0. The van der Waals surface area contributed by atoms with Gasteiger partial charge in [-0.2, -0.15) is 0 Å². The molecule has 33 heavy (non-hydrogen) atoms. The molecule has 1 aliphatic carbocycles. The van der Waals surface area contributed by atoms with E-state index >= 15 is 0 Å². The lowest BCUT2D eigenvalue weighted by molar-refractivity contribution is -0.116. The van der Waals surface area contributed by atoms with Gasteiger partial charge in [-0.25, -0.2) is 18.1 Å². The lowest BCUT2D eigenvalue weighted by Gasteiger charge is -2.13. The third kappa shape index (κ3) is 5.74. The van der Waals surface area contributed by atoms with E-state index in [1.54, 1.807) is 34.9 Å². The topological polar surface area (TPSA) is 110 Å². The van der Waals surface area contributed by atoms with E-state index in [1.807, 2.05) is 18.2 Å². The molecule has 2 aromatic carbocycles. The van der Waals surface area contributed by atoms with E-state index in [4.69, 9.17) is 0 Å². The highest BCUT2D eigenvalue weighted by Crippen LogP contribution is 2.34. The molecule has 0 aliphatic heterocycles. The van der Waals surface area contributed by atoms with Gasteiger partial charge in [-0.1, -0.05) is 30.3 Å². The molecule has 1 saturated carbocycles. The number of hydrogen-bond acceptors (Lipinski definition) is 5. The van der Waals surface area contributed by atoms with Crippen molar-refractivity contribution in [3.8, 4) is 0 Å². The summed E-state index contributed by atoms with van der Waals surface area (Å²) in [7, 11) is -3.44. The second-order valence-electron chi connectivity index (χ2n) is 8.09. The first kappa shape index (κ1) is 22.9. The van der Waals surface area contributed by atoms with Gasteiger partial charge in [-0.3, -0.25) is 14.2 Å². The summed E-state index contributed by atoms with van der Waals surface area (Å²) in [4.78, 5) is 30.1. The molecular weight excluding hydrogens is 440 g/mol. The number of benzene rings is 2. The van der Waals surface area contributed by atoms with Crippen LogP contribution in [0.2, 0.25) is 0 Å². The van der Waals surface area contributed by atoms with Crippen molar-refractivity contribution in [2.75, 3.05) is 11.9 Å². The van der Waals surface area contributed by atoms with E-state index in [2.05, 4.69) is 21.6 Å². The molecule has 0 saturated heterocycles. The number of aryl methyl sites for hydroxylation is 1. The number of fused-ring (bicyclic) bond motifs is 1. The summed E-state index contributed by atoms with van der Waals surface area (Å²) < 4.78 is 28.1. The number of amides is 1. The molecule has 0 spiro atoms. The van der Waals surface area contributed by atoms with E-state index in [0.717, 1.165) is 12.8 Å². The maximum atomic E-state index is 12.9. The van der Waals surface area contributed by atoms with Gasteiger partial charge in [-0.05, 0) is 42.7 Å². The molecule has 4 rings (SSSR count). The highest BCUT2D eigenvalue weighted by molar-refractivity contribution is 7.88. The summed E-state index contributed by atoms with van der Waals surface area (Å²) in [6.45, 7) is 3.67. The van der Waals surface area contributed by atoms with Crippen LogP contribution in [0.4, 0.5) is 5.69 Å². The Bertz CT molecular complexity index is 1340. The zero-order chi connectivity index (χ0) is 23.4. The Morgan fingerprint density at radius 3 is 2.58 bits per heavy atom. The Morgan fingerprint density at radius 2 is 1.88 bits per heavy atom. The first-order chi connectivity index (χ1) is 15.9. The third-order valence-corrected chi connectivity index (χ3v) is 6.73. The Hall–Kier alpha value is -3.30. The number of para-hydroxylation sites is 1. The molecule has 0 radical (unpaired) electrons. The number of nitrogens with one attached hydrogen (secondary N) is 2. The van der Waals surface area contributed by atoms with Crippen LogP contribution in [0.1, 0.15) is 36.7 Å². The van der Waals surface area contributed by atoms with Crippen LogP contribution in [0.15, 0.2) is 66.0 Å². The van der Waals surface area contributed by atoms with Crippen LogP contribution in [-0.2, 0) is 27.0 Å². The standard InChI is InChI=1S/C24H26N4O4S/c1-2-15-25-33(31,32)16-17-7-9-18(10-8-17)26-23(29)14-13-22-27-21-6-4-3-5-20(21)24(30)28(22)19-11-12-19/h2-10,19,25H,1,11-16H2,(H,26,29). The quantitative estimate of drug-likeness (QED) is 0.447. The molecule has 0 unspecified atom stereocenters. The van der Waals surface area contributed by atoms with Crippen LogP contribution in [0.25, 0.3) is 10.9 Å². The number of nitrogens with zero attached hydrogens (tertiary/aromatic N) is 2. The van der Waals surface area contributed by atoms with Gasteiger partial charge in [0.2, 0.25) is 15.9 Å². The molecule has 1 fully saturated rings.